The summed E-state index contributed by atoms with van der Waals surface area (Å²) in [6.07, 6.45) is 2.38. The highest BCUT2D eigenvalue weighted by atomic mass is 79.9. The third-order valence-electron chi connectivity index (χ3n) is 2.25. The molecule has 94 valence electrons. The average molecular weight is 346 g/mol. The van der Waals surface area contributed by atoms with E-state index in [0.29, 0.717) is 12.2 Å². The fourth-order valence-corrected chi connectivity index (χ4v) is 2.71. The SMILES string of the molecule is O=C(NCCc1ccc(Cl)s1)c1ccc(Br)cn1. The number of carbonyl (C=O) groups is 1. The summed E-state index contributed by atoms with van der Waals surface area (Å²) < 4.78 is 1.62. The van der Waals surface area contributed by atoms with Crippen LogP contribution in [0, 0.1) is 0 Å². The Morgan fingerprint density at radius 2 is 2.22 bits per heavy atom. The standard InChI is InChI=1S/C12H10BrClN2OS/c13-8-1-3-10(16-7-8)12(17)15-6-5-9-2-4-11(14)18-9/h1-4,7H,5-6H2,(H,15,17). The minimum Gasteiger partial charge on any atom is -0.350 e. The van der Waals surface area contributed by atoms with Gasteiger partial charge in [-0.15, -0.1) is 11.3 Å². The van der Waals surface area contributed by atoms with Gasteiger partial charge in [-0.05, 0) is 46.6 Å². The van der Waals surface area contributed by atoms with Gasteiger partial charge in [0.2, 0.25) is 0 Å². The molecule has 0 saturated carbocycles. The van der Waals surface area contributed by atoms with Crippen molar-refractivity contribution < 1.29 is 4.79 Å². The maximum absolute atomic E-state index is 11.7. The summed E-state index contributed by atoms with van der Waals surface area (Å²) in [6.45, 7) is 0.577. The zero-order valence-electron chi connectivity index (χ0n) is 9.32. The van der Waals surface area contributed by atoms with E-state index in [1.165, 1.54) is 11.3 Å². The van der Waals surface area contributed by atoms with Crippen molar-refractivity contribution in [1.82, 2.24) is 10.3 Å². The smallest absolute Gasteiger partial charge is 0.269 e. The van der Waals surface area contributed by atoms with Gasteiger partial charge < -0.3 is 5.32 Å². The molecule has 2 heterocycles. The predicted molar refractivity (Wildman–Crippen MR) is 77.3 cm³/mol. The van der Waals surface area contributed by atoms with Crippen LogP contribution in [0.4, 0.5) is 0 Å². The van der Waals surface area contributed by atoms with Crippen LogP contribution in [0.5, 0.6) is 0 Å². The van der Waals surface area contributed by atoms with E-state index in [1.807, 2.05) is 12.1 Å². The van der Waals surface area contributed by atoms with Crippen molar-refractivity contribution in [2.24, 2.45) is 0 Å². The second kappa shape index (κ2) is 6.31. The molecule has 0 saturated heterocycles. The first-order chi connectivity index (χ1) is 8.65. The maximum Gasteiger partial charge on any atom is 0.269 e. The molecule has 3 nitrogen and oxygen atoms in total. The lowest BCUT2D eigenvalue weighted by Crippen LogP contribution is -2.26. The number of aromatic nitrogens is 1. The molecule has 0 atom stereocenters. The van der Waals surface area contributed by atoms with Crippen molar-refractivity contribution in [3.8, 4) is 0 Å². The number of hydrogen-bond donors (Lipinski definition) is 1. The molecule has 0 aliphatic rings. The average Bonchev–Trinajstić information content (AvgIpc) is 2.76. The minimum absolute atomic E-state index is 0.162. The Labute approximate surface area is 122 Å². The number of rotatable bonds is 4. The third kappa shape index (κ3) is 3.80. The number of halogens is 2. The predicted octanol–water partition coefficient (Wildman–Crippen LogP) is 3.53. The number of carbonyl (C=O) groups excluding carboxylic acids is 1. The molecule has 1 amide bonds. The quantitative estimate of drug-likeness (QED) is 0.921. The van der Waals surface area contributed by atoms with Crippen LogP contribution in [0.1, 0.15) is 15.4 Å². The Kier molecular flexibility index (Phi) is 4.74. The summed E-state index contributed by atoms with van der Waals surface area (Å²) in [4.78, 5) is 16.9. The summed E-state index contributed by atoms with van der Waals surface area (Å²) in [5.41, 5.74) is 0.419. The van der Waals surface area contributed by atoms with Crippen LogP contribution in [0.2, 0.25) is 4.34 Å². The molecule has 0 aromatic carbocycles. The molecule has 2 rings (SSSR count). The first-order valence-electron chi connectivity index (χ1n) is 5.29. The fraction of sp³-hybridized carbons (Fsp3) is 0.167. The highest BCUT2D eigenvalue weighted by Gasteiger charge is 2.06. The first-order valence-corrected chi connectivity index (χ1v) is 7.28. The number of amides is 1. The monoisotopic (exact) mass is 344 g/mol. The lowest BCUT2D eigenvalue weighted by atomic mass is 10.3. The van der Waals surface area contributed by atoms with Crippen molar-refractivity contribution in [3.05, 3.63) is 49.8 Å². The zero-order valence-corrected chi connectivity index (χ0v) is 12.5. The Morgan fingerprint density at radius 1 is 1.39 bits per heavy atom. The molecule has 0 aliphatic carbocycles. The third-order valence-corrected chi connectivity index (χ3v) is 4.01. The summed E-state index contributed by atoms with van der Waals surface area (Å²) in [5.74, 6) is -0.162. The fourth-order valence-electron chi connectivity index (χ4n) is 1.39. The molecule has 18 heavy (non-hydrogen) atoms. The molecule has 1 N–H and O–H groups in total. The van der Waals surface area contributed by atoms with Gasteiger partial charge in [-0.3, -0.25) is 4.79 Å². The molecule has 0 fully saturated rings. The van der Waals surface area contributed by atoms with E-state index in [4.69, 9.17) is 11.6 Å². The molecule has 2 aromatic heterocycles. The second-order valence-corrected chi connectivity index (χ2v) is 6.29. The molecular weight excluding hydrogens is 336 g/mol. The van der Waals surface area contributed by atoms with Crippen molar-refractivity contribution in [2.75, 3.05) is 6.54 Å². The molecule has 0 radical (unpaired) electrons. The van der Waals surface area contributed by atoms with Gasteiger partial charge >= 0.3 is 0 Å². The summed E-state index contributed by atoms with van der Waals surface area (Å²) >= 11 is 10.6. The number of pyridine rings is 1. The minimum atomic E-state index is -0.162. The summed E-state index contributed by atoms with van der Waals surface area (Å²) in [6, 6.07) is 7.30. The Hall–Kier alpha value is -0.910. The number of hydrogen-bond acceptors (Lipinski definition) is 3. The van der Waals surface area contributed by atoms with Gasteiger partial charge in [0, 0.05) is 22.1 Å². The molecule has 0 unspecified atom stereocenters. The van der Waals surface area contributed by atoms with Crippen molar-refractivity contribution >= 4 is 44.8 Å². The lowest BCUT2D eigenvalue weighted by Gasteiger charge is -2.03. The van der Waals surface area contributed by atoms with E-state index in [0.717, 1.165) is 20.1 Å². The second-order valence-electron chi connectivity index (χ2n) is 3.57. The zero-order chi connectivity index (χ0) is 13.0. The highest BCUT2D eigenvalue weighted by molar-refractivity contribution is 9.10. The summed E-state index contributed by atoms with van der Waals surface area (Å²) in [7, 11) is 0. The van der Waals surface area contributed by atoms with Gasteiger partial charge in [0.1, 0.15) is 5.69 Å². The van der Waals surface area contributed by atoms with Crippen LogP contribution in [0.15, 0.2) is 34.9 Å². The van der Waals surface area contributed by atoms with Crippen LogP contribution in [0.3, 0.4) is 0 Å². The Morgan fingerprint density at radius 3 is 2.83 bits per heavy atom. The van der Waals surface area contributed by atoms with Crippen molar-refractivity contribution in [2.45, 2.75) is 6.42 Å². The largest absolute Gasteiger partial charge is 0.350 e. The molecule has 0 bridgehead atoms. The first kappa shape index (κ1) is 13.5. The van der Waals surface area contributed by atoms with Gasteiger partial charge in [-0.25, -0.2) is 4.98 Å². The van der Waals surface area contributed by atoms with E-state index in [9.17, 15) is 4.79 Å². The number of nitrogens with zero attached hydrogens (tertiary/aromatic N) is 1. The van der Waals surface area contributed by atoms with E-state index < -0.39 is 0 Å². The number of nitrogens with one attached hydrogen (secondary N) is 1. The lowest BCUT2D eigenvalue weighted by molar-refractivity contribution is 0.0949. The molecule has 0 spiro atoms. The Bertz CT molecular complexity index is 541. The van der Waals surface area contributed by atoms with Crippen LogP contribution in [-0.2, 0) is 6.42 Å². The Balaban J connectivity index is 1.83. The van der Waals surface area contributed by atoms with Crippen LogP contribution in [0.25, 0.3) is 0 Å². The summed E-state index contributed by atoms with van der Waals surface area (Å²) in [5, 5.41) is 2.82. The van der Waals surface area contributed by atoms with Crippen LogP contribution >= 0.6 is 38.9 Å². The van der Waals surface area contributed by atoms with Gasteiger partial charge in [-0.1, -0.05) is 11.6 Å². The van der Waals surface area contributed by atoms with E-state index >= 15 is 0 Å². The molecular formula is C12H10BrClN2OS. The van der Waals surface area contributed by atoms with Crippen LogP contribution < -0.4 is 5.32 Å². The van der Waals surface area contributed by atoms with Crippen molar-refractivity contribution in [3.63, 3.8) is 0 Å². The van der Waals surface area contributed by atoms with E-state index in [1.54, 1.807) is 18.3 Å². The number of thiophene rings is 1. The van der Waals surface area contributed by atoms with Gasteiger partial charge in [0.15, 0.2) is 0 Å². The topological polar surface area (TPSA) is 42.0 Å². The van der Waals surface area contributed by atoms with Gasteiger partial charge in [-0.2, -0.15) is 0 Å². The van der Waals surface area contributed by atoms with Crippen molar-refractivity contribution in [1.29, 1.82) is 0 Å². The van der Waals surface area contributed by atoms with Crippen LogP contribution in [-0.4, -0.2) is 17.4 Å². The normalized spacial score (nSPS) is 10.3. The maximum atomic E-state index is 11.7. The van der Waals surface area contributed by atoms with E-state index in [2.05, 4.69) is 26.2 Å². The van der Waals surface area contributed by atoms with E-state index in [-0.39, 0.29) is 5.91 Å². The van der Waals surface area contributed by atoms with Gasteiger partial charge in [0.25, 0.3) is 5.91 Å². The van der Waals surface area contributed by atoms with Gasteiger partial charge in [0.05, 0.1) is 4.34 Å². The molecule has 2 aromatic rings. The molecule has 6 heteroatoms. The highest BCUT2D eigenvalue weighted by Crippen LogP contribution is 2.21. The molecule has 0 aliphatic heterocycles.